The standard InChI is InChI=1S/C24H27N3O2/c1-3-25-13-15-26(16-14-25)22-21(20-7-5-4-6-8-20)23(28)27(24(22)29)17-19-11-9-18(2)10-12-19/h4-12H,3,13-17H2,1-2H3. The molecule has 29 heavy (non-hydrogen) atoms. The van der Waals surface area contributed by atoms with Gasteiger partial charge in [-0.3, -0.25) is 14.5 Å². The van der Waals surface area contributed by atoms with E-state index in [1.54, 1.807) is 0 Å². The van der Waals surface area contributed by atoms with Crippen molar-refractivity contribution in [2.45, 2.75) is 20.4 Å². The molecule has 150 valence electrons. The number of hydrogen-bond acceptors (Lipinski definition) is 4. The van der Waals surface area contributed by atoms with Crippen molar-refractivity contribution in [1.82, 2.24) is 14.7 Å². The van der Waals surface area contributed by atoms with E-state index in [2.05, 4.69) is 16.7 Å². The van der Waals surface area contributed by atoms with Crippen molar-refractivity contribution in [2.75, 3.05) is 32.7 Å². The minimum Gasteiger partial charge on any atom is -0.364 e. The molecule has 0 saturated carbocycles. The molecule has 0 N–H and O–H groups in total. The van der Waals surface area contributed by atoms with Crippen molar-refractivity contribution in [3.8, 4) is 0 Å². The molecule has 1 fully saturated rings. The van der Waals surface area contributed by atoms with Crippen LogP contribution in [0.3, 0.4) is 0 Å². The zero-order valence-electron chi connectivity index (χ0n) is 17.1. The summed E-state index contributed by atoms with van der Waals surface area (Å²) < 4.78 is 0. The summed E-state index contributed by atoms with van der Waals surface area (Å²) in [7, 11) is 0. The van der Waals surface area contributed by atoms with Crippen molar-refractivity contribution >= 4 is 17.4 Å². The predicted molar refractivity (Wildman–Crippen MR) is 114 cm³/mol. The smallest absolute Gasteiger partial charge is 0.278 e. The average Bonchev–Trinajstić information content (AvgIpc) is 3.00. The number of carbonyl (C=O) groups is 2. The summed E-state index contributed by atoms with van der Waals surface area (Å²) in [5.41, 5.74) is 4.02. The van der Waals surface area contributed by atoms with Crippen molar-refractivity contribution in [3.63, 3.8) is 0 Å². The Morgan fingerprint density at radius 1 is 0.828 bits per heavy atom. The number of piperazine rings is 1. The fourth-order valence-electron chi connectivity index (χ4n) is 4.03. The zero-order valence-corrected chi connectivity index (χ0v) is 17.1. The molecule has 4 rings (SSSR count). The maximum atomic E-state index is 13.4. The number of nitrogens with zero attached hydrogens (tertiary/aromatic N) is 3. The van der Waals surface area contributed by atoms with Crippen LogP contribution in [-0.2, 0) is 16.1 Å². The molecule has 0 bridgehead atoms. The van der Waals surface area contributed by atoms with Gasteiger partial charge in [-0.15, -0.1) is 0 Å². The maximum absolute atomic E-state index is 13.4. The molecule has 2 aromatic carbocycles. The summed E-state index contributed by atoms with van der Waals surface area (Å²) in [5.74, 6) is -0.380. The molecule has 2 aliphatic heterocycles. The lowest BCUT2D eigenvalue weighted by molar-refractivity contribution is -0.138. The molecular formula is C24H27N3O2. The lowest BCUT2D eigenvalue weighted by Gasteiger charge is -2.36. The van der Waals surface area contributed by atoms with Gasteiger partial charge >= 0.3 is 0 Å². The molecule has 5 nitrogen and oxygen atoms in total. The van der Waals surface area contributed by atoms with Gasteiger partial charge in [0.15, 0.2) is 0 Å². The van der Waals surface area contributed by atoms with Gasteiger partial charge in [-0.25, -0.2) is 0 Å². The molecular weight excluding hydrogens is 362 g/mol. The monoisotopic (exact) mass is 389 g/mol. The molecule has 0 radical (unpaired) electrons. The van der Waals surface area contributed by atoms with Crippen LogP contribution in [0.15, 0.2) is 60.3 Å². The number of aryl methyl sites for hydroxylation is 1. The van der Waals surface area contributed by atoms with E-state index in [-0.39, 0.29) is 11.8 Å². The number of benzene rings is 2. The van der Waals surface area contributed by atoms with Crippen LogP contribution in [0, 0.1) is 6.92 Å². The van der Waals surface area contributed by atoms with Crippen LogP contribution in [0.1, 0.15) is 23.6 Å². The summed E-state index contributed by atoms with van der Waals surface area (Å²) in [4.78, 5) is 32.6. The molecule has 0 atom stereocenters. The van der Waals surface area contributed by atoms with Gasteiger partial charge in [0, 0.05) is 26.2 Å². The van der Waals surface area contributed by atoms with Crippen LogP contribution < -0.4 is 0 Å². The van der Waals surface area contributed by atoms with Crippen LogP contribution in [-0.4, -0.2) is 59.2 Å². The molecule has 0 aromatic heterocycles. The first-order valence-corrected chi connectivity index (χ1v) is 10.3. The van der Waals surface area contributed by atoms with Crippen LogP contribution in [0.2, 0.25) is 0 Å². The highest BCUT2D eigenvalue weighted by atomic mass is 16.2. The van der Waals surface area contributed by atoms with Gasteiger partial charge in [0.1, 0.15) is 5.70 Å². The molecule has 2 amide bonds. The Balaban J connectivity index is 1.67. The second-order valence-corrected chi connectivity index (χ2v) is 7.69. The first-order valence-electron chi connectivity index (χ1n) is 10.3. The topological polar surface area (TPSA) is 43.9 Å². The van der Waals surface area contributed by atoms with Crippen LogP contribution in [0.25, 0.3) is 5.57 Å². The first kappa shape index (κ1) is 19.4. The third-order valence-electron chi connectivity index (χ3n) is 5.80. The van der Waals surface area contributed by atoms with Crippen molar-refractivity contribution in [2.24, 2.45) is 0 Å². The average molecular weight is 389 g/mol. The molecule has 2 aromatic rings. The van der Waals surface area contributed by atoms with Gasteiger partial charge in [0.2, 0.25) is 0 Å². The van der Waals surface area contributed by atoms with Crippen LogP contribution >= 0.6 is 0 Å². The number of amides is 2. The molecule has 0 spiro atoms. The Labute approximate surface area is 172 Å². The van der Waals surface area contributed by atoms with Gasteiger partial charge in [-0.1, -0.05) is 67.1 Å². The summed E-state index contributed by atoms with van der Waals surface area (Å²) in [6.07, 6.45) is 0. The van der Waals surface area contributed by atoms with Gasteiger partial charge in [0.25, 0.3) is 11.8 Å². The highest BCUT2D eigenvalue weighted by Gasteiger charge is 2.42. The largest absolute Gasteiger partial charge is 0.364 e. The van der Waals surface area contributed by atoms with E-state index in [0.29, 0.717) is 17.8 Å². The Kier molecular flexibility index (Phi) is 5.49. The Morgan fingerprint density at radius 3 is 2.10 bits per heavy atom. The van der Waals surface area contributed by atoms with Crippen LogP contribution in [0.5, 0.6) is 0 Å². The van der Waals surface area contributed by atoms with Gasteiger partial charge in [-0.2, -0.15) is 0 Å². The number of hydrogen-bond donors (Lipinski definition) is 0. The molecule has 2 heterocycles. The van der Waals surface area contributed by atoms with E-state index < -0.39 is 0 Å². The fourth-order valence-corrected chi connectivity index (χ4v) is 4.03. The Bertz CT molecular complexity index is 926. The number of likely N-dealkylation sites (N-methyl/N-ethyl adjacent to an activating group) is 1. The number of imide groups is 1. The normalized spacial score (nSPS) is 18.1. The number of carbonyl (C=O) groups excluding carboxylic acids is 2. The first-order chi connectivity index (χ1) is 14.1. The van der Waals surface area contributed by atoms with Crippen molar-refractivity contribution in [1.29, 1.82) is 0 Å². The minimum absolute atomic E-state index is 0.181. The van der Waals surface area contributed by atoms with E-state index >= 15 is 0 Å². The minimum atomic E-state index is -0.199. The molecule has 2 aliphatic rings. The second-order valence-electron chi connectivity index (χ2n) is 7.69. The maximum Gasteiger partial charge on any atom is 0.278 e. The molecule has 0 aliphatic carbocycles. The summed E-state index contributed by atoms with van der Waals surface area (Å²) in [6.45, 7) is 8.81. The van der Waals surface area contributed by atoms with Crippen molar-refractivity contribution in [3.05, 3.63) is 77.0 Å². The van der Waals surface area contributed by atoms with E-state index in [0.717, 1.165) is 49.4 Å². The summed E-state index contributed by atoms with van der Waals surface area (Å²) in [6, 6.07) is 17.6. The summed E-state index contributed by atoms with van der Waals surface area (Å²) in [5, 5.41) is 0. The van der Waals surface area contributed by atoms with Gasteiger partial charge in [-0.05, 0) is 24.6 Å². The van der Waals surface area contributed by atoms with Crippen molar-refractivity contribution < 1.29 is 9.59 Å². The SMILES string of the molecule is CCN1CCN(C2=C(c3ccccc3)C(=O)N(Cc3ccc(C)cc3)C2=O)CC1. The van der Waals surface area contributed by atoms with Gasteiger partial charge in [0.05, 0.1) is 12.1 Å². The number of rotatable bonds is 5. The zero-order chi connectivity index (χ0) is 20.4. The van der Waals surface area contributed by atoms with E-state index in [4.69, 9.17) is 0 Å². The fraction of sp³-hybridized carbons (Fsp3) is 0.333. The lowest BCUT2D eigenvalue weighted by Crippen LogP contribution is -2.47. The molecule has 5 heteroatoms. The quantitative estimate of drug-likeness (QED) is 0.738. The highest BCUT2D eigenvalue weighted by molar-refractivity contribution is 6.35. The van der Waals surface area contributed by atoms with E-state index in [9.17, 15) is 9.59 Å². The van der Waals surface area contributed by atoms with Gasteiger partial charge < -0.3 is 9.80 Å². The third-order valence-corrected chi connectivity index (χ3v) is 5.80. The predicted octanol–water partition coefficient (Wildman–Crippen LogP) is 2.91. The second kappa shape index (κ2) is 8.21. The summed E-state index contributed by atoms with van der Waals surface area (Å²) >= 11 is 0. The molecule has 1 saturated heterocycles. The molecule has 0 unspecified atom stereocenters. The Hall–Kier alpha value is -2.92. The Morgan fingerprint density at radius 2 is 1.48 bits per heavy atom. The van der Waals surface area contributed by atoms with E-state index in [1.807, 2.05) is 61.5 Å². The third kappa shape index (κ3) is 3.83. The highest BCUT2D eigenvalue weighted by Crippen LogP contribution is 2.33. The lowest BCUT2D eigenvalue weighted by atomic mass is 10.0. The van der Waals surface area contributed by atoms with E-state index in [1.165, 1.54) is 4.90 Å². The van der Waals surface area contributed by atoms with Crippen LogP contribution in [0.4, 0.5) is 0 Å².